The third kappa shape index (κ3) is 3.84. The minimum absolute atomic E-state index is 0.0623. The molecule has 0 radical (unpaired) electrons. The zero-order chi connectivity index (χ0) is 16.3. The number of likely N-dealkylation sites (tertiary alicyclic amines) is 1. The van der Waals surface area contributed by atoms with Gasteiger partial charge in [-0.3, -0.25) is 14.4 Å². The molecule has 1 unspecified atom stereocenters. The third-order valence-corrected chi connectivity index (χ3v) is 3.56. The summed E-state index contributed by atoms with van der Waals surface area (Å²) in [6, 6.07) is 6.69. The molecule has 1 atom stereocenters. The lowest BCUT2D eigenvalue weighted by Gasteiger charge is -2.21. The van der Waals surface area contributed by atoms with Crippen LogP contribution in [-0.2, 0) is 9.59 Å². The number of rotatable bonds is 4. The second kappa shape index (κ2) is 6.60. The zero-order valence-electron chi connectivity index (χ0n) is 13.1. The van der Waals surface area contributed by atoms with Crippen LogP contribution in [0.15, 0.2) is 24.3 Å². The largest absolute Gasteiger partial charge is 0.347 e. The summed E-state index contributed by atoms with van der Waals surface area (Å²) in [5.41, 5.74) is 1.04. The zero-order valence-corrected chi connectivity index (χ0v) is 13.1. The number of carbonyl (C=O) groups excluding carboxylic acids is 3. The van der Waals surface area contributed by atoms with E-state index in [0.29, 0.717) is 24.2 Å². The van der Waals surface area contributed by atoms with E-state index in [1.807, 2.05) is 13.8 Å². The van der Waals surface area contributed by atoms with Gasteiger partial charge in [0.1, 0.15) is 0 Å². The van der Waals surface area contributed by atoms with Crippen molar-refractivity contribution in [1.82, 2.24) is 10.2 Å². The number of carbonyl (C=O) groups is 3. The van der Waals surface area contributed by atoms with Crippen LogP contribution in [0.2, 0.25) is 0 Å². The summed E-state index contributed by atoms with van der Waals surface area (Å²) in [5, 5.41) is 5.52. The van der Waals surface area contributed by atoms with Gasteiger partial charge < -0.3 is 15.5 Å². The van der Waals surface area contributed by atoms with Gasteiger partial charge in [-0.15, -0.1) is 0 Å². The van der Waals surface area contributed by atoms with Crippen LogP contribution in [0.1, 0.15) is 37.6 Å². The molecule has 2 N–H and O–H groups in total. The maximum Gasteiger partial charge on any atom is 0.251 e. The fraction of sp³-hybridized carbons (Fsp3) is 0.438. The van der Waals surface area contributed by atoms with Crippen LogP contribution in [-0.4, -0.2) is 41.2 Å². The molecule has 0 spiro atoms. The van der Waals surface area contributed by atoms with Crippen LogP contribution in [0.5, 0.6) is 0 Å². The molecule has 1 aromatic rings. The molecule has 118 valence electrons. The summed E-state index contributed by atoms with van der Waals surface area (Å²) in [6.45, 7) is 5.86. The number of hydrogen-bond donors (Lipinski definition) is 2. The number of amides is 3. The van der Waals surface area contributed by atoms with Crippen molar-refractivity contribution in [2.24, 2.45) is 0 Å². The van der Waals surface area contributed by atoms with Crippen molar-refractivity contribution in [3.8, 4) is 0 Å². The van der Waals surface area contributed by atoms with Gasteiger partial charge in [0.15, 0.2) is 0 Å². The predicted octanol–water partition coefficient (Wildman–Crippen LogP) is 1.38. The topological polar surface area (TPSA) is 78.5 Å². The first-order valence-electron chi connectivity index (χ1n) is 7.35. The Morgan fingerprint density at radius 3 is 2.64 bits per heavy atom. The highest BCUT2D eigenvalue weighted by molar-refractivity contribution is 5.97. The molecule has 0 aliphatic carbocycles. The van der Waals surface area contributed by atoms with Crippen molar-refractivity contribution >= 4 is 23.4 Å². The average molecular weight is 303 g/mol. The van der Waals surface area contributed by atoms with Gasteiger partial charge in [0.25, 0.3) is 5.91 Å². The smallest absolute Gasteiger partial charge is 0.251 e. The highest BCUT2D eigenvalue weighted by Crippen LogP contribution is 2.16. The molecule has 22 heavy (non-hydrogen) atoms. The Hall–Kier alpha value is -2.37. The standard InChI is InChI=1S/C16H21N3O3/c1-10(2)19-9-14(8-15(19)21)18-16(22)12-5-4-6-13(7-12)17-11(3)20/h4-7,10,14H,8-9H2,1-3H3,(H,17,20)(H,18,22). The predicted molar refractivity (Wildman–Crippen MR) is 83.5 cm³/mol. The molecule has 6 heteroatoms. The Bertz CT molecular complexity index is 598. The van der Waals surface area contributed by atoms with Gasteiger partial charge in [-0.2, -0.15) is 0 Å². The molecule has 1 aliphatic heterocycles. The summed E-state index contributed by atoms with van der Waals surface area (Å²) in [5.74, 6) is -0.366. The van der Waals surface area contributed by atoms with Crippen LogP contribution < -0.4 is 10.6 Å². The van der Waals surface area contributed by atoms with E-state index >= 15 is 0 Å². The number of anilines is 1. The Morgan fingerprint density at radius 2 is 2.05 bits per heavy atom. The first kappa shape index (κ1) is 16.0. The summed E-state index contributed by atoms with van der Waals surface area (Å²) < 4.78 is 0. The lowest BCUT2D eigenvalue weighted by atomic mass is 10.1. The Balaban J connectivity index is 2.01. The van der Waals surface area contributed by atoms with Crippen molar-refractivity contribution in [2.45, 2.75) is 39.3 Å². The van der Waals surface area contributed by atoms with Crippen molar-refractivity contribution in [3.05, 3.63) is 29.8 Å². The van der Waals surface area contributed by atoms with Crippen molar-refractivity contribution in [3.63, 3.8) is 0 Å². The van der Waals surface area contributed by atoms with Gasteiger partial charge in [-0.25, -0.2) is 0 Å². The minimum Gasteiger partial charge on any atom is -0.347 e. The molecule has 0 bridgehead atoms. The average Bonchev–Trinajstić information content (AvgIpc) is 2.79. The molecule has 1 saturated heterocycles. The first-order chi connectivity index (χ1) is 10.4. The minimum atomic E-state index is -0.240. The number of benzene rings is 1. The molecule has 0 saturated carbocycles. The molecule has 1 fully saturated rings. The third-order valence-electron chi connectivity index (χ3n) is 3.56. The van der Waals surface area contributed by atoms with E-state index in [-0.39, 0.29) is 29.8 Å². The first-order valence-corrected chi connectivity index (χ1v) is 7.35. The normalized spacial score (nSPS) is 17.7. The molecule has 1 heterocycles. The van der Waals surface area contributed by atoms with Crippen LogP contribution in [0, 0.1) is 0 Å². The summed E-state index contributed by atoms with van der Waals surface area (Å²) in [6.07, 6.45) is 0.329. The highest BCUT2D eigenvalue weighted by atomic mass is 16.2. The van der Waals surface area contributed by atoms with Crippen LogP contribution in [0.25, 0.3) is 0 Å². The van der Waals surface area contributed by atoms with E-state index in [0.717, 1.165) is 0 Å². The fourth-order valence-electron chi connectivity index (χ4n) is 2.54. The van der Waals surface area contributed by atoms with Gasteiger partial charge in [-0.1, -0.05) is 6.07 Å². The van der Waals surface area contributed by atoms with Gasteiger partial charge in [0.05, 0.1) is 6.04 Å². The van der Waals surface area contributed by atoms with Gasteiger partial charge in [0, 0.05) is 37.2 Å². The second-order valence-corrected chi connectivity index (χ2v) is 5.78. The van der Waals surface area contributed by atoms with Gasteiger partial charge >= 0.3 is 0 Å². The fourth-order valence-corrected chi connectivity index (χ4v) is 2.54. The number of nitrogens with one attached hydrogen (secondary N) is 2. The molecule has 1 aliphatic rings. The molecule has 3 amide bonds. The summed E-state index contributed by atoms with van der Waals surface area (Å²) in [4.78, 5) is 36.9. The second-order valence-electron chi connectivity index (χ2n) is 5.78. The highest BCUT2D eigenvalue weighted by Gasteiger charge is 2.32. The lowest BCUT2D eigenvalue weighted by molar-refractivity contribution is -0.129. The van der Waals surface area contributed by atoms with E-state index < -0.39 is 0 Å². The molecule has 6 nitrogen and oxygen atoms in total. The van der Waals surface area contributed by atoms with E-state index in [1.165, 1.54) is 6.92 Å². The van der Waals surface area contributed by atoms with E-state index in [1.54, 1.807) is 29.2 Å². The van der Waals surface area contributed by atoms with Crippen molar-refractivity contribution in [1.29, 1.82) is 0 Å². The Kier molecular flexibility index (Phi) is 4.80. The maximum atomic E-state index is 12.3. The van der Waals surface area contributed by atoms with E-state index in [9.17, 15) is 14.4 Å². The summed E-state index contributed by atoms with van der Waals surface area (Å²) >= 11 is 0. The molecular weight excluding hydrogens is 282 g/mol. The van der Waals surface area contributed by atoms with Crippen LogP contribution >= 0.6 is 0 Å². The maximum absolute atomic E-state index is 12.3. The van der Waals surface area contributed by atoms with E-state index in [4.69, 9.17) is 0 Å². The Morgan fingerprint density at radius 1 is 1.32 bits per heavy atom. The molecular formula is C16H21N3O3. The number of nitrogens with zero attached hydrogens (tertiary/aromatic N) is 1. The SMILES string of the molecule is CC(=O)Nc1cccc(C(=O)NC2CC(=O)N(C(C)C)C2)c1. The van der Waals surface area contributed by atoms with Gasteiger partial charge in [-0.05, 0) is 32.0 Å². The molecule has 2 rings (SSSR count). The quantitative estimate of drug-likeness (QED) is 0.882. The van der Waals surface area contributed by atoms with Gasteiger partial charge in [0.2, 0.25) is 11.8 Å². The van der Waals surface area contributed by atoms with Crippen molar-refractivity contribution < 1.29 is 14.4 Å². The molecule has 0 aromatic heterocycles. The lowest BCUT2D eigenvalue weighted by Crippen LogP contribution is -2.38. The number of hydrogen-bond acceptors (Lipinski definition) is 3. The van der Waals surface area contributed by atoms with Crippen LogP contribution in [0.3, 0.4) is 0 Å². The van der Waals surface area contributed by atoms with Crippen molar-refractivity contribution in [2.75, 3.05) is 11.9 Å². The summed E-state index contributed by atoms with van der Waals surface area (Å²) in [7, 11) is 0. The van der Waals surface area contributed by atoms with E-state index in [2.05, 4.69) is 10.6 Å². The monoisotopic (exact) mass is 303 g/mol. The van der Waals surface area contributed by atoms with Crippen LogP contribution in [0.4, 0.5) is 5.69 Å². The Labute approximate surface area is 129 Å². The molecule has 1 aromatic carbocycles.